The lowest BCUT2D eigenvalue weighted by Gasteiger charge is -2.29. The van der Waals surface area contributed by atoms with Gasteiger partial charge in [0.1, 0.15) is 0 Å². The number of urea groups is 1. The normalized spacial score (nSPS) is 21.3. The van der Waals surface area contributed by atoms with Crippen LogP contribution in [0.1, 0.15) is 39.0 Å². The van der Waals surface area contributed by atoms with Gasteiger partial charge in [-0.25, -0.2) is 4.79 Å². The molecule has 1 aliphatic carbocycles. The lowest BCUT2D eigenvalue weighted by atomic mass is 9.86. The zero-order chi connectivity index (χ0) is 16.1. The van der Waals surface area contributed by atoms with Gasteiger partial charge in [0.2, 0.25) is 0 Å². The van der Waals surface area contributed by atoms with Gasteiger partial charge < -0.3 is 15.2 Å². The van der Waals surface area contributed by atoms with Crippen LogP contribution in [0.3, 0.4) is 0 Å². The average molecular weight is 313 g/mol. The first-order chi connectivity index (χ1) is 11.2. The number of rotatable bonds is 5. The first-order valence-electron chi connectivity index (χ1n) is 8.82. The molecule has 1 aromatic carbocycles. The highest BCUT2D eigenvalue weighted by atomic mass is 16.2. The van der Waals surface area contributed by atoms with Gasteiger partial charge >= 0.3 is 6.03 Å². The second-order valence-corrected chi connectivity index (χ2v) is 6.69. The Hall–Kier alpha value is -1.97. The minimum Gasteiger partial charge on any atom is -0.347 e. The summed E-state index contributed by atoms with van der Waals surface area (Å²) in [7, 11) is 0. The van der Waals surface area contributed by atoms with Crippen molar-refractivity contribution in [3.8, 4) is 0 Å². The van der Waals surface area contributed by atoms with Crippen LogP contribution in [0.2, 0.25) is 0 Å². The van der Waals surface area contributed by atoms with Gasteiger partial charge in [0.05, 0.1) is 0 Å². The maximum Gasteiger partial charge on any atom is 0.315 e. The summed E-state index contributed by atoms with van der Waals surface area (Å²) in [5, 5.41) is 7.40. The molecule has 2 atom stereocenters. The van der Waals surface area contributed by atoms with Crippen molar-refractivity contribution >= 4 is 16.9 Å². The molecule has 23 heavy (non-hydrogen) atoms. The summed E-state index contributed by atoms with van der Waals surface area (Å²) >= 11 is 0. The van der Waals surface area contributed by atoms with Crippen LogP contribution in [0.5, 0.6) is 0 Å². The summed E-state index contributed by atoms with van der Waals surface area (Å²) in [6, 6.07) is 10.9. The van der Waals surface area contributed by atoms with E-state index in [4.69, 9.17) is 0 Å². The summed E-state index contributed by atoms with van der Waals surface area (Å²) in [6.07, 6.45) is 7.93. The van der Waals surface area contributed by atoms with E-state index < -0.39 is 0 Å². The molecule has 4 heteroatoms. The van der Waals surface area contributed by atoms with Gasteiger partial charge in [0, 0.05) is 30.8 Å². The van der Waals surface area contributed by atoms with Crippen LogP contribution < -0.4 is 10.6 Å². The highest BCUT2D eigenvalue weighted by Gasteiger charge is 2.22. The zero-order valence-electron chi connectivity index (χ0n) is 13.9. The minimum atomic E-state index is -0.0129. The standard InChI is InChI=1S/C19H27N3O/c1-15-7-2-4-9-17(15)21-19(23)20-12-6-13-22-14-11-16-8-3-5-10-18(16)22/h3,5,8,10-11,14-15,17H,2,4,6-7,9,12-13H2,1H3,(H2,20,21,23)/t15-,17-/m0/s1. The summed E-state index contributed by atoms with van der Waals surface area (Å²) in [5.41, 5.74) is 1.26. The fourth-order valence-electron chi connectivity index (χ4n) is 3.54. The second kappa shape index (κ2) is 7.53. The van der Waals surface area contributed by atoms with Crippen LogP contribution >= 0.6 is 0 Å². The van der Waals surface area contributed by atoms with Crippen LogP contribution in [-0.2, 0) is 6.54 Å². The van der Waals surface area contributed by atoms with Crippen LogP contribution in [0, 0.1) is 5.92 Å². The highest BCUT2D eigenvalue weighted by Crippen LogP contribution is 2.23. The van der Waals surface area contributed by atoms with Crippen molar-refractivity contribution in [2.75, 3.05) is 6.54 Å². The Labute approximate surface area is 138 Å². The van der Waals surface area contributed by atoms with Crippen molar-refractivity contribution in [3.05, 3.63) is 36.5 Å². The van der Waals surface area contributed by atoms with Crippen LogP contribution in [0.15, 0.2) is 36.5 Å². The lowest BCUT2D eigenvalue weighted by Crippen LogP contribution is -2.46. The Kier molecular flexibility index (Phi) is 5.21. The zero-order valence-corrected chi connectivity index (χ0v) is 13.9. The van der Waals surface area contributed by atoms with Crippen molar-refractivity contribution in [2.45, 2.75) is 51.6 Å². The van der Waals surface area contributed by atoms with E-state index >= 15 is 0 Å². The van der Waals surface area contributed by atoms with Crippen LogP contribution in [-0.4, -0.2) is 23.2 Å². The molecule has 2 aromatic rings. The molecule has 2 amide bonds. The maximum absolute atomic E-state index is 12.0. The third-order valence-corrected chi connectivity index (χ3v) is 4.97. The molecule has 0 bridgehead atoms. The smallest absolute Gasteiger partial charge is 0.315 e. The van der Waals surface area contributed by atoms with E-state index in [1.165, 1.54) is 30.2 Å². The molecule has 1 heterocycles. The Morgan fingerprint density at radius 3 is 2.91 bits per heavy atom. The van der Waals surface area contributed by atoms with E-state index in [0.29, 0.717) is 18.5 Å². The third kappa shape index (κ3) is 4.06. The van der Waals surface area contributed by atoms with Crippen LogP contribution in [0.4, 0.5) is 4.79 Å². The number of amides is 2. The molecule has 0 radical (unpaired) electrons. The number of nitrogens with zero attached hydrogens (tertiary/aromatic N) is 1. The highest BCUT2D eigenvalue weighted by molar-refractivity contribution is 5.79. The first-order valence-corrected chi connectivity index (χ1v) is 8.82. The second-order valence-electron chi connectivity index (χ2n) is 6.69. The van der Waals surface area contributed by atoms with E-state index in [0.717, 1.165) is 19.4 Å². The predicted octanol–water partition coefficient (Wildman–Crippen LogP) is 3.91. The number of hydrogen-bond acceptors (Lipinski definition) is 1. The van der Waals surface area contributed by atoms with E-state index in [1.54, 1.807) is 0 Å². The molecule has 0 spiro atoms. The van der Waals surface area contributed by atoms with Crippen molar-refractivity contribution in [2.24, 2.45) is 5.92 Å². The van der Waals surface area contributed by atoms with Gasteiger partial charge in [0.25, 0.3) is 0 Å². The van der Waals surface area contributed by atoms with Gasteiger partial charge in [-0.05, 0) is 42.7 Å². The summed E-state index contributed by atoms with van der Waals surface area (Å²) in [6.45, 7) is 3.87. The third-order valence-electron chi connectivity index (χ3n) is 4.97. The average Bonchev–Trinajstić information content (AvgIpc) is 2.97. The van der Waals surface area contributed by atoms with Gasteiger partial charge in [-0.1, -0.05) is 38.0 Å². The lowest BCUT2D eigenvalue weighted by molar-refractivity contribution is 0.221. The fraction of sp³-hybridized carbons (Fsp3) is 0.526. The summed E-state index contributed by atoms with van der Waals surface area (Å²) in [4.78, 5) is 12.0. The molecule has 1 saturated carbocycles. The van der Waals surface area contributed by atoms with Gasteiger partial charge in [-0.3, -0.25) is 0 Å². The number of aromatic nitrogens is 1. The van der Waals surface area contributed by atoms with Crippen molar-refractivity contribution in [1.29, 1.82) is 0 Å². The predicted molar refractivity (Wildman–Crippen MR) is 94.5 cm³/mol. The number of carbonyl (C=O) groups is 1. The molecule has 124 valence electrons. The number of para-hydroxylation sites is 1. The van der Waals surface area contributed by atoms with Gasteiger partial charge in [-0.2, -0.15) is 0 Å². The molecular formula is C19H27N3O. The maximum atomic E-state index is 12.0. The SMILES string of the molecule is C[C@H]1CCCC[C@@H]1NC(=O)NCCCn1ccc2ccccc21. The molecule has 0 saturated heterocycles. The van der Waals surface area contributed by atoms with E-state index in [-0.39, 0.29) is 6.03 Å². The molecule has 0 unspecified atom stereocenters. The van der Waals surface area contributed by atoms with Crippen molar-refractivity contribution < 1.29 is 4.79 Å². The topological polar surface area (TPSA) is 46.1 Å². The quantitative estimate of drug-likeness (QED) is 0.808. The number of hydrogen-bond donors (Lipinski definition) is 2. The number of aryl methyl sites for hydroxylation is 1. The number of fused-ring (bicyclic) bond motifs is 1. The Morgan fingerprint density at radius 2 is 2.04 bits per heavy atom. The van der Waals surface area contributed by atoms with E-state index in [1.807, 2.05) is 0 Å². The number of carbonyl (C=O) groups excluding carboxylic acids is 1. The van der Waals surface area contributed by atoms with Crippen LogP contribution in [0.25, 0.3) is 10.9 Å². The van der Waals surface area contributed by atoms with Crippen molar-refractivity contribution in [1.82, 2.24) is 15.2 Å². The summed E-state index contributed by atoms with van der Waals surface area (Å²) < 4.78 is 2.25. The fourth-order valence-corrected chi connectivity index (χ4v) is 3.54. The Balaban J connectivity index is 1.40. The molecule has 3 rings (SSSR count). The molecule has 2 N–H and O–H groups in total. The summed E-state index contributed by atoms with van der Waals surface area (Å²) in [5.74, 6) is 0.598. The van der Waals surface area contributed by atoms with E-state index in [2.05, 4.69) is 58.7 Å². The Morgan fingerprint density at radius 1 is 1.22 bits per heavy atom. The molecule has 4 nitrogen and oxygen atoms in total. The first kappa shape index (κ1) is 15.9. The number of benzene rings is 1. The minimum absolute atomic E-state index is 0.0129. The van der Waals surface area contributed by atoms with Crippen molar-refractivity contribution in [3.63, 3.8) is 0 Å². The molecule has 1 aliphatic rings. The number of nitrogens with one attached hydrogen (secondary N) is 2. The van der Waals surface area contributed by atoms with E-state index in [9.17, 15) is 4.79 Å². The monoisotopic (exact) mass is 313 g/mol. The largest absolute Gasteiger partial charge is 0.347 e. The molecule has 0 aliphatic heterocycles. The van der Waals surface area contributed by atoms with Gasteiger partial charge in [0.15, 0.2) is 0 Å². The molecular weight excluding hydrogens is 286 g/mol. The molecule has 1 fully saturated rings. The molecule has 1 aromatic heterocycles. The Bertz CT molecular complexity index is 649. The van der Waals surface area contributed by atoms with Gasteiger partial charge in [-0.15, -0.1) is 0 Å².